The van der Waals surface area contributed by atoms with Crippen LogP contribution in [0.1, 0.15) is 134 Å². The van der Waals surface area contributed by atoms with Gasteiger partial charge in [-0.05, 0) is 43.1 Å². The molecule has 0 spiro atoms. The molecule has 2 aromatic rings. The molecule has 1 N–H and O–H groups in total. The number of esters is 1. The molecule has 2 unspecified atom stereocenters. The van der Waals surface area contributed by atoms with E-state index in [0.29, 0.717) is 50.0 Å². The molecular weight excluding hydrogens is 611 g/mol. The molecule has 2 atom stereocenters. The lowest BCUT2D eigenvalue weighted by Gasteiger charge is -2.34. The standard InChI is InChI=1S/C37H57N5O4S/c1-11-16-18-26(13-3)23-42(24-27(14-4)19-17-12-2)31-20-29(39-25(6)43)30(21-32(31)45-10)40-41-35-28(22-38)33(37(7,8)9)34(47-35)36(44)46-15-5/h20-21,26-27H,11-19,23-24H2,1-10H3,(H,39,43)/b41-40+. The molecule has 1 heterocycles. The van der Waals surface area contributed by atoms with Gasteiger partial charge in [-0.2, -0.15) is 5.26 Å². The van der Waals surface area contributed by atoms with Crippen LogP contribution >= 0.6 is 11.3 Å². The van der Waals surface area contributed by atoms with Crippen LogP contribution in [0.4, 0.5) is 22.1 Å². The van der Waals surface area contributed by atoms with Crippen molar-refractivity contribution in [1.82, 2.24) is 0 Å². The van der Waals surface area contributed by atoms with Crippen molar-refractivity contribution in [3.8, 4) is 11.8 Å². The van der Waals surface area contributed by atoms with E-state index in [1.54, 1.807) is 20.1 Å². The van der Waals surface area contributed by atoms with Crippen LogP contribution in [0.3, 0.4) is 0 Å². The van der Waals surface area contributed by atoms with Gasteiger partial charge in [0.05, 0.1) is 30.7 Å². The fourth-order valence-electron chi connectivity index (χ4n) is 5.82. The summed E-state index contributed by atoms with van der Waals surface area (Å²) in [6.45, 7) is 20.0. The van der Waals surface area contributed by atoms with Gasteiger partial charge in [0, 0.05) is 31.6 Å². The highest BCUT2D eigenvalue weighted by molar-refractivity contribution is 7.18. The monoisotopic (exact) mass is 667 g/mol. The fraction of sp³-hybridized carbons (Fsp3) is 0.649. The summed E-state index contributed by atoms with van der Waals surface area (Å²) in [7, 11) is 1.65. The Bertz CT molecular complexity index is 1370. The van der Waals surface area contributed by atoms with E-state index in [4.69, 9.17) is 9.47 Å². The zero-order valence-corrected chi connectivity index (χ0v) is 31.2. The Hall–Kier alpha value is -3.45. The molecule has 260 valence electrons. The number of hydrogen-bond donors (Lipinski definition) is 1. The number of amides is 1. The maximum absolute atomic E-state index is 12.9. The van der Waals surface area contributed by atoms with Crippen molar-refractivity contribution in [2.45, 2.75) is 119 Å². The highest BCUT2D eigenvalue weighted by atomic mass is 32.1. The molecule has 0 saturated heterocycles. The minimum absolute atomic E-state index is 0.220. The van der Waals surface area contributed by atoms with E-state index >= 15 is 0 Å². The second kappa shape index (κ2) is 19.4. The molecule has 0 fully saturated rings. The summed E-state index contributed by atoms with van der Waals surface area (Å²) in [4.78, 5) is 28.1. The molecule has 10 heteroatoms. The highest BCUT2D eigenvalue weighted by Crippen LogP contribution is 2.45. The van der Waals surface area contributed by atoms with Gasteiger partial charge >= 0.3 is 5.97 Å². The summed E-state index contributed by atoms with van der Waals surface area (Å²) < 4.78 is 11.3. The Balaban J connectivity index is 2.73. The third-order valence-corrected chi connectivity index (χ3v) is 9.51. The lowest BCUT2D eigenvalue weighted by atomic mass is 9.84. The Morgan fingerprint density at radius 3 is 2.04 bits per heavy atom. The normalized spacial score (nSPS) is 12.9. The Morgan fingerprint density at radius 2 is 1.60 bits per heavy atom. The molecule has 0 saturated carbocycles. The number of rotatable bonds is 19. The van der Waals surface area contributed by atoms with Gasteiger partial charge in [0.15, 0.2) is 5.00 Å². The molecule has 0 aliphatic rings. The van der Waals surface area contributed by atoms with Crippen molar-refractivity contribution in [3.05, 3.63) is 28.1 Å². The first kappa shape index (κ1) is 39.7. The molecular formula is C37H57N5O4S. The van der Waals surface area contributed by atoms with E-state index in [-0.39, 0.29) is 12.5 Å². The van der Waals surface area contributed by atoms with E-state index in [2.05, 4.69) is 54.2 Å². The lowest BCUT2D eigenvalue weighted by Crippen LogP contribution is -2.34. The summed E-state index contributed by atoms with van der Waals surface area (Å²) in [6, 6.07) is 5.98. The van der Waals surface area contributed by atoms with Crippen LogP contribution in [0.25, 0.3) is 0 Å². The van der Waals surface area contributed by atoms with Crippen molar-refractivity contribution < 1.29 is 19.1 Å². The largest absolute Gasteiger partial charge is 0.494 e. The number of methoxy groups -OCH3 is 1. The van der Waals surface area contributed by atoms with Crippen molar-refractivity contribution in [2.24, 2.45) is 22.1 Å². The number of ether oxygens (including phenoxy) is 2. The van der Waals surface area contributed by atoms with Crippen LogP contribution in [0.5, 0.6) is 5.75 Å². The van der Waals surface area contributed by atoms with E-state index in [1.165, 1.54) is 19.8 Å². The van der Waals surface area contributed by atoms with Gasteiger partial charge in [0.25, 0.3) is 0 Å². The van der Waals surface area contributed by atoms with Gasteiger partial charge in [0.1, 0.15) is 22.4 Å². The molecule has 9 nitrogen and oxygen atoms in total. The van der Waals surface area contributed by atoms with Gasteiger partial charge < -0.3 is 19.7 Å². The number of benzene rings is 1. The quantitative estimate of drug-likeness (QED) is 0.118. The van der Waals surface area contributed by atoms with Crippen LogP contribution < -0.4 is 15.0 Å². The van der Waals surface area contributed by atoms with Crippen LogP contribution in [0.15, 0.2) is 22.4 Å². The Labute approximate surface area is 287 Å². The van der Waals surface area contributed by atoms with Gasteiger partial charge in [-0.1, -0.05) is 87.0 Å². The molecule has 0 aliphatic carbocycles. The summed E-state index contributed by atoms with van der Waals surface area (Å²) in [5.74, 6) is 0.972. The number of nitriles is 1. The predicted molar refractivity (Wildman–Crippen MR) is 194 cm³/mol. The Morgan fingerprint density at radius 1 is 1.00 bits per heavy atom. The predicted octanol–water partition coefficient (Wildman–Crippen LogP) is 10.7. The topological polar surface area (TPSA) is 116 Å². The number of unbranched alkanes of at least 4 members (excludes halogenated alkanes) is 2. The van der Waals surface area contributed by atoms with Crippen LogP contribution in [-0.4, -0.2) is 38.7 Å². The third kappa shape index (κ3) is 11.3. The van der Waals surface area contributed by atoms with Crippen molar-refractivity contribution in [1.29, 1.82) is 5.26 Å². The van der Waals surface area contributed by atoms with Crippen molar-refractivity contribution in [2.75, 3.05) is 37.0 Å². The smallest absolute Gasteiger partial charge is 0.348 e. The second-order valence-corrected chi connectivity index (χ2v) is 14.2. The number of nitrogens with zero attached hydrogens (tertiary/aromatic N) is 4. The van der Waals surface area contributed by atoms with E-state index in [9.17, 15) is 14.9 Å². The molecule has 0 bridgehead atoms. The molecule has 1 amide bonds. The number of nitrogens with one attached hydrogen (secondary N) is 1. The number of carbonyl (C=O) groups is 2. The number of azo groups is 1. The molecule has 1 aromatic carbocycles. The van der Waals surface area contributed by atoms with Gasteiger partial charge in [-0.3, -0.25) is 4.79 Å². The average molecular weight is 668 g/mol. The summed E-state index contributed by atoms with van der Waals surface area (Å²) in [6.07, 6.45) is 9.20. The number of carbonyl (C=O) groups excluding carboxylic acids is 2. The van der Waals surface area contributed by atoms with Gasteiger partial charge in [-0.15, -0.1) is 21.6 Å². The average Bonchev–Trinajstić information content (AvgIpc) is 3.42. The van der Waals surface area contributed by atoms with Crippen LogP contribution in [-0.2, 0) is 14.9 Å². The highest BCUT2D eigenvalue weighted by Gasteiger charge is 2.32. The maximum atomic E-state index is 12.9. The maximum Gasteiger partial charge on any atom is 0.348 e. The minimum Gasteiger partial charge on any atom is -0.494 e. The molecule has 1 aromatic heterocycles. The van der Waals surface area contributed by atoms with Crippen molar-refractivity contribution in [3.63, 3.8) is 0 Å². The first-order valence-corrected chi connectivity index (χ1v) is 18.1. The third-order valence-electron chi connectivity index (χ3n) is 8.45. The van der Waals surface area contributed by atoms with E-state index < -0.39 is 11.4 Å². The number of hydrogen-bond acceptors (Lipinski definition) is 9. The van der Waals surface area contributed by atoms with E-state index in [0.717, 1.165) is 68.6 Å². The first-order valence-electron chi connectivity index (χ1n) is 17.3. The summed E-state index contributed by atoms with van der Waals surface area (Å²) >= 11 is 1.09. The van der Waals surface area contributed by atoms with Crippen LogP contribution in [0.2, 0.25) is 0 Å². The minimum atomic E-state index is -0.506. The first-order chi connectivity index (χ1) is 22.4. The Kier molecular flexibility index (Phi) is 16.4. The second-order valence-electron chi connectivity index (χ2n) is 13.2. The van der Waals surface area contributed by atoms with Gasteiger partial charge in [0.2, 0.25) is 5.91 Å². The summed E-state index contributed by atoms with van der Waals surface area (Å²) in [5, 5.41) is 22.4. The summed E-state index contributed by atoms with van der Waals surface area (Å²) in [5.41, 5.74) is 2.18. The van der Waals surface area contributed by atoms with Gasteiger partial charge in [-0.25, -0.2) is 4.79 Å². The zero-order valence-electron chi connectivity index (χ0n) is 30.4. The number of anilines is 2. The molecule has 2 rings (SSSR count). The lowest BCUT2D eigenvalue weighted by molar-refractivity contribution is -0.114. The molecule has 0 aliphatic heterocycles. The van der Waals surface area contributed by atoms with Crippen molar-refractivity contribution >= 4 is 45.3 Å². The number of thiophene rings is 1. The molecule has 47 heavy (non-hydrogen) atoms. The zero-order chi connectivity index (χ0) is 35.1. The molecule has 0 radical (unpaired) electrons. The fourth-order valence-corrected chi connectivity index (χ4v) is 7.00. The van der Waals surface area contributed by atoms with E-state index in [1.807, 2.05) is 26.8 Å². The SMILES string of the molecule is CCCCC(CC)CN(CC(CC)CCCC)c1cc(NC(C)=O)c(/N=N/c2sc(C(=O)OCC)c(C(C)(C)C)c2C#N)cc1OC. The van der Waals surface area contributed by atoms with Crippen LogP contribution in [0, 0.1) is 23.2 Å².